The topological polar surface area (TPSA) is 80.0 Å². The molecule has 3 aromatic rings. The molecule has 0 aliphatic rings. The van der Waals surface area contributed by atoms with Crippen molar-refractivity contribution in [3.63, 3.8) is 0 Å². The summed E-state index contributed by atoms with van der Waals surface area (Å²) in [5.41, 5.74) is 9.66. The van der Waals surface area contributed by atoms with Crippen LogP contribution in [0.5, 0.6) is 0 Å². The molecule has 2 aromatic heterocycles. The van der Waals surface area contributed by atoms with E-state index < -0.39 is 0 Å². The number of pyridine rings is 1. The molecule has 2 N–H and O–H groups in total. The molecule has 0 aliphatic heterocycles. The smallest absolute Gasteiger partial charge is 0.156 e. The highest BCUT2D eigenvalue weighted by molar-refractivity contribution is 5.75. The first-order valence-electron chi connectivity index (χ1n) is 5.38. The van der Waals surface area contributed by atoms with Gasteiger partial charge in [0.15, 0.2) is 5.65 Å². The molecule has 0 bridgehead atoms. The van der Waals surface area contributed by atoms with Gasteiger partial charge >= 0.3 is 0 Å². The van der Waals surface area contributed by atoms with E-state index in [2.05, 4.69) is 16.2 Å². The molecule has 2 heterocycles. The molecular formula is C13H9N5. The third-order valence-corrected chi connectivity index (χ3v) is 2.76. The second kappa shape index (κ2) is 3.86. The van der Waals surface area contributed by atoms with Crippen molar-refractivity contribution >= 4 is 11.3 Å². The average Bonchev–Trinajstić information content (AvgIpc) is 2.87. The van der Waals surface area contributed by atoms with Crippen molar-refractivity contribution in [2.24, 2.45) is 0 Å². The van der Waals surface area contributed by atoms with Crippen molar-refractivity contribution in [1.82, 2.24) is 14.6 Å². The standard InChI is InChI=1S/C13H9N5/c14-7-9-1-3-10(4-2-9)13-11(15)5-6-12-16-8-17-18(12)13/h1-6,8H,15H2. The average molecular weight is 235 g/mol. The number of aromatic nitrogens is 3. The van der Waals surface area contributed by atoms with Crippen LogP contribution in [0, 0.1) is 11.3 Å². The lowest BCUT2D eigenvalue weighted by Crippen LogP contribution is -1.99. The summed E-state index contributed by atoms with van der Waals surface area (Å²) in [5, 5.41) is 12.9. The fourth-order valence-corrected chi connectivity index (χ4v) is 1.89. The van der Waals surface area contributed by atoms with Crippen LogP contribution in [-0.2, 0) is 0 Å². The molecule has 0 aliphatic carbocycles. The molecule has 1 aromatic carbocycles. The van der Waals surface area contributed by atoms with Crippen LogP contribution in [0.4, 0.5) is 5.69 Å². The minimum Gasteiger partial charge on any atom is -0.397 e. The summed E-state index contributed by atoms with van der Waals surface area (Å²) in [5.74, 6) is 0. The first kappa shape index (κ1) is 10.3. The minimum absolute atomic E-state index is 0.614. The lowest BCUT2D eigenvalue weighted by Gasteiger charge is -2.07. The van der Waals surface area contributed by atoms with Crippen molar-refractivity contribution in [3.8, 4) is 17.3 Å². The van der Waals surface area contributed by atoms with Crippen molar-refractivity contribution in [3.05, 3.63) is 48.3 Å². The van der Waals surface area contributed by atoms with Crippen LogP contribution < -0.4 is 5.73 Å². The van der Waals surface area contributed by atoms with Crippen LogP contribution in [-0.4, -0.2) is 14.6 Å². The minimum atomic E-state index is 0.614. The van der Waals surface area contributed by atoms with Crippen LogP contribution in [0.15, 0.2) is 42.7 Å². The van der Waals surface area contributed by atoms with E-state index in [1.165, 1.54) is 6.33 Å². The Bertz CT molecular complexity index is 749. The van der Waals surface area contributed by atoms with E-state index >= 15 is 0 Å². The second-order valence-corrected chi connectivity index (χ2v) is 3.86. The summed E-state index contributed by atoms with van der Waals surface area (Å²) in [7, 11) is 0. The van der Waals surface area contributed by atoms with E-state index in [0.717, 1.165) is 16.9 Å². The zero-order chi connectivity index (χ0) is 12.5. The second-order valence-electron chi connectivity index (χ2n) is 3.86. The Labute approximate surface area is 103 Å². The van der Waals surface area contributed by atoms with Gasteiger partial charge in [0.2, 0.25) is 0 Å². The number of benzene rings is 1. The number of rotatable bonds is 1. The molecule has 0 spiro atoms. The van der Waals surface area contributed by atoms with E-state index in [4.69, 9.17) is 11.0 Å². The van der Waals surface area contributed by atoms with Crippen molar-refractivity contribution in [2.75, 3.05) is 5.73 Å². The molecule has 86 valence electrons. The Hall–Kier alpha value is -2.87. The zero-order valence-electron chi connectivity index (χ0n) is 9.41. The molecule has 0 unspecified atom stereocenters. The molecule has 0 saturated heterocycles. The van der Waals surface area contributed by atoms with Gasteiger partial charge in [0.05, 0.1) is 23.0 Å². The van der Waals surface area contributed by atoms with Crippen molar-refractivity contribution in [2.45, 2.75) is 0 Å². The van der Waals surface area contributed by atoms with Gasteiger partial charge in [-0.15, -0.1) is 0 Å². The van der Waals surface area contributed by atoms with Crippen LogP contribution in [0.25, 0.3) is 16.9 Å². The predicted molar refractivity (Wildman–Crippen MR) is 67.6 cm³/mol. The number of hydrogen-bond acceptors (Lipinski definition) is 4. The Kier molecular flexibility index (Phi) is 2.21. The van der Waals surface area contributed by atoms with Gasteiger partial charge in [-0.05, 0) is 24.3 Å². The maximum absolute atomic E-state index is 8.79. The summed E-state index contributed by atoms with van der Waals surface area (Å²) in [6, 6.07) is 12.9. The number of nitrogens with two attached hydrogens (primary N) is 1. The van der Waals surface area contributed by atoms with Crippen LogP contribution in [0.3, 0.4) is 0 Å². The Balaban J connectivity index is 2.27. The van der Waals surface area contributed by atoms with Crippen LogP contribution >= 0.6 is 0 Å². The molecule has 5 nitrogen and oxygen atoms in total. The fraction of sp³-hybridized carbons (Fsp3) is 0. The third kappa shape index (κ3) is 1.48. The van der Waals surface area contributed by atoms with Crippen molar-refractivity contribution in [1.29, 1.82) is 5.26 Å². The predicted octanol–water partition coefficient (Wildman–Crippen LogP) is 1.85. The molecule has 5 heteroatoms. The summed E-state index contributed by atoms with van der Waals surface area (Å²) < 4.78 is 1.69. The molecule has 0 radical (unpaired) electrons. The molecule has 3 rings (SSSR count). The number of fused-ring (bicyclic) bond motifs is 1. The van der Waals surface area contributed by atoms with Gasteiger partial charge in [-0.25, -0.2) is 9.50 Å². The monoisotopic (exact) mass is 235 g/mol. The number of hydrogen-bond donors (Lipinski definition) is 1. The number of nitrogen functional groups attached to an aromatic ring is 1. The quantitative estimate of drug-likeness (QED) is 0.698. The Morgan fingerprint density at radius 3 is 2.61 bits per heavy atom. The summed E-state index contributed by atoms with van der Waals surface area (Å²) >= 11 is 0. The molecule has 18 heavy (non-hydrogen) atoms. The normalized spacial score (nSPS) is 10.4. The van der Waals surface area contributed by atoms with Gasteiger partial charge in [-0.3, -0.25) is 0 Å². The van der Waals surface area contributed by atoms with Gasteiger partial charge < -0.3 is 5.73 Å². The maximum Gasteiger partial charge on any atom is 0.156 e. The van der Waals surface area contributed by atoms with Gasteiger partial charge in [0, 0.05) is 5.56 Å². The SMILES string of the molecule is N#Cc1ccc(-c2c(N)ccc3ncnn23)cc1. The fourth-order valence-electron chi connectivity index (χ4n) is 1.89. The zero-order valence-corrected chi connectivity index (χ0v) is 9.41. The van der Waals surface area contributed by atoms with E-state index in [1.807, 2.05) is 18.2 Å². The number of nitrogens with zero attached hydrogens (tertiary/aromatic N) is 4. The summed E-state index contributed by atoms with van der Waals surface area (Å²) in [6.07, 6.45) is 1.49. The summed E-state index contributed by atoms with van der Waals surface area (Å²) in [6.45, 7) is 0. The van der Waals surface area contributed by atoms with Gasteiger partial charge in [-0.2, -0.15) is 10.4 Å². The first-order valence-corrected chi connectivity index (χ1v) is 5.38. The maximum atomic E-state index is 8.79. The molecule has 0 fully saturated rings. The summed E-state index contributed by atoms with van der Waals surface area (Å²) in [4.78, 5) is 4.12. The number of anilines is 1. The lowest BCUT2D eigenvalue weighted by molar-refractivity contribution is 0.971. The molecule has 0 saturated carbocycles. The Morgan fingerprint density at radius 1 is 1.11 bits per heavy atom. The van der Waals surface area contributed by atoms with Gasteiger partial charge in [-0.1, -0.05) is 12.1 Å². The van der Waals surface area contributed by atoms with E-state index in [9.17, 15) is 0 Å². The van der Waals surface area contributed by atoms with Gasteiger partial charge in [0.1, 0.15) is 6.33 Å². The molecule has 0 atom stereocenters. The van der Waals surface area contributed by atoms with E-state index in [-0.39, 0.29) is 0 Å². The lowest BCUT2D eigenvalue weighted by atomic mass is 10.1. The third-order valence-electron chi connectivity index (χ3n) is 2.76. The molecule has 0 amide bonds. The molecular weight excluding hydrogens is 226 g/mol. The van der Waals surface area contributed by atoms with Crippen LogP contribution in [0.2, 0.25) is 0 Å². The van der Waals surface area contributed by atoms with Crippen LogP contribution in [0.1, 0.15) is 5.56 Å². The number of nitriles is 1. The van der Waals surface area contributed by atoms with Crippen molar-refractivity contribution < 1.29 is 0 Å². The highest BCUT2D eigenvalue weighted by Gasteiger charge is 2.09. The van der Waals surface area contributed by atoms with E-state index in [0.29, 0.717) is 11.3 Å². The first-order chi connectivity index (χ1) is 8.79. The van der Waals surface area contributed by atoms with E-state index in [1.54, 1.807) is 22.7 Å². The highest BCUT2D eigenvalue weighted by Crippen LogP contribution is 2.26. The van der Waals surface area contributed by atoms with Gasteiger partial charge in [0.25, 0.3) is 0 Å². The Morgan fingerprint density at radius 2 is 1.89 bits per heavy atom. The largest absolute Gasteiger partial charge is 0.397 e. The highest BCUT2D eigenvalue weighted by atomic mass is 15.3.